The van der Waals surface area contributed by atoms with Gasteiger partial charge < -0.3 is 4.42 Å². The summed E-state index contributed by atoms with van der Waals surface area (Å²) in [4.78, 5) is 15.4. The molecule has 0 radical (unpaired) electrons. The summed E-state index contributed by atoms with van der Waals surface area (Å²) in [5.74, 6) is 0.967. The molecule has 4 rings (SSSR count). The van der Waals surface area contributed by atoms with Gasteiger partial charge in [0.2, 0.25) is 0 Å². The van der Waals surface area contributed by atoms with Crippen LogP contribution in [0.4, 0.5) is 0 Å². The topological polar surface area (TPSA) is 79.0 Å². The number of rotatable bonds is 2. The Morgan fingerprint density at radius 1 is 1.04 bits per heavy atom. The first kappa shape index (κ1) is 14.8. The van der Waals surface area contributed by atoms with Gasteiger partial charge in [0.25, 0.3) is 0 Å². The van der Waals surface area contributed by atoms with E-state index in [1.807, 2.05) is 36.4 Å². The van der Waals surface area contributed by atoms with Crippen molar-refractivity contribution in [2.24, 2.45) is 5.11 Å². The molecular weight excluding hydrogens is 302 g/mol. The van der Waals surface area contributed by atoms with Crippen molar-refractivity contribution in [1.82, 2.24) is 0 Å². The van der Waals surface area contributed by atoms with Crippen LogP contribution in [0.3, 0.4) is 0 Å². The van der Waals surface area contributed by atoms with Gasteiger partial charge in [-0.1, -0.05) is 35.4 Å². The molecule has 1 aliphatic rings. The number of hydrogen-bond acceptors (Lipinski definition) is 3. The van der Waals surface area contributed by atoms with E-state index in [-0.39, 0.29) is 17.4 Å². The van der Waals surface area contributed by atoms with E-state index in [0.717, 1.165) is 42.2 Å². The molecule has 24 heavy (non-hydrogen) atoms. The van der Waals surface area contributed by atoms with Crippen molar-refractivity contribution >= 4 is 21.7 Å². The van der Waals surface area contributed by atoms with Crippen molar-refractivity contribution < 1.29 is 4.42 Å². The van der Waals surface area contributed by atoms with Crippen LogP contribution in [0.1, 0.15) is 37.4 Å². The number of fused-ring (bicyclic) bond motifs is 3. The quantitative estimate of drug-likeness (QED) is 0.279. The highest BCUT2D eigenvalue weighted by Gasteiger charge is 2.24. The molecule has 0 bridgehead atoms. The Balaban J connectivity index is 1.78. The Kier molecular flexibility index (Phi) is 3.71. The van der Waals surface area contributed by atoms with Crippen LogP contribution in [0.15, 0.2) is 56.8 Å². The lowest BCUT2D eigenvalue weighted by Gasteiger charge is -2.25. The normalized spacial score (nSPS) is 20.8. The first-order valence-electron chi connectivity index (χ1n) is 8.26. The summed E-state index contributed by atoms with van der Waals surface area (Å²) in [5, 5.41) is 6.47. The second kappa shape index (κ2) is 6.02. The van der Waals surface area contributed by atoms with Crippen LogP contribution >= 0.6 is 0 Å². The minimum Gasteiger partial charge on any atom is -0.460 e. The van der Waals surface area contributed by atoms with Crippen molar-refractivity contribution in [1.29, 1.82) is 0 Å². The van der Waals surface area contributed by atoms with E-state index < -0.39 is 0 Å². The molecule has 1 heterocycles. The fourth-order valence-corrected chi connectivity index (χ4v) is 3.65. The van der Waals surface area contributed by atoms with Crippen LogP contribution in [0.5, 0.6) is 0 Å². The summed E-state index contributed by atoms with van der Waals surface area (Å²) in [6, 6.07) is 13.4. The molecular formula is C19H17N3O2. The largest absolute Gasteiger partial charge is 0.460 e. The standard InChI is InChI=1S/C19H17N3O2/c20-22-21-14-8-5-13(6-9-14)18-11-17(23)16-10-7-12-3-1-2-4-15(12)19(16)24-18/h1-4,7,10-11,13-14H,5-6,8-9H2. The maximum absolute atomic E-state index is 12.5. The van der Waals surface area contributed by atoms with Crippen molar-refractivity contribution in [3.8, 4) is 0 Å². The van der Waals surface area contributed by atoms with Crippen molar-refractivity contribution in [2.45, 2.75) is 37.6 Å². The molecule has 5 nitrogen and oxygen atoms in total. The molecule has 0 unspecified atom stereocenters. The Bertz CT molecular complexity index is 1010. The minimum absolute atomic E-state index is 0.00849. The minimum atomic E-state index is 0.00849. The maximum atomic E-state index is 12.5. The van der Waals surface area contributed by atoms with Gasteiger partial charge in [0, 0.05) is 28.3 Å². The molecule has 1 fully saturated rings. The number of hydrogen-bond donors (Lipinski definition) is 0. The Hall–Kier alpha value is -2.78. The van der Waals surface area contributed by atoms with Gasteiger partial charge >= 0.3 is 0 Å². The lowest BCUT2D eigenvalue weighted by atomic mass is 9.84. The average molecular weight is 319 g/mol. The summed E-state index contributed by atoms with van der Waals surface area (Å²) in [7, 11) is 0. The maximum Gasteiger partial charge on any atom is 0.192 e. The van der Waals surface area contributed by atoms with E-state index in [4.69, 9.17) is 9.95 Å². The predicted octanol–water partition coefficient (Wildman–Crippen LogP) is 5.28. The van der Waals surface area contributed by atoms with Gasteiger partial charge in [-0.3, -0.25) is 4.79 Å². The monoisotopic (exact) mass is 319 g/mol. The zero-order valence-corrected chi connectivity index (χ0v) is 13.2. The molecule has 2 aromatic carbocycles. The molecule has 1 aromatic heterocycles. The highest BCUT2D eigenvalue weighted by Crippen LogP contribution is 2.35. The second-order valence-electron chi connectivity index (χ2n) is 6.39. The van der Waals surface area contributed by atoms with E-state index in [1.165, 1.54) is 0 Å². The third-order valence-electron chi connectivity index (χ3n) is 4.95. The van der Waals surface area contributed by atoms with Crippen molar-refractivity contribution in [2.75, 3.05) is 0 Å². The van der Waals surface area contributed by atoms with E-state index in [9.17, 15) is 4.79 Å². The molecule has 0 spiro atoms. The smallest absolute Gasteiger partial charge is 0.192 e. The first-order valence-corrected chi connectivity index (χ1v) is 8.26. The molecule has 3 aromatic rings. The first-order chi connectivity index (χ1) is 11.8. The van der Waals surface area contributed by atoms with Crippen molar-refractivity contribution in [3.05, 3.63) is 68.9 Å². The molecule has 1 aliphatic carbocycles. The number of nitrogens with zero attached hydrogens (tertiary/aromatic N) is 3. The zero-order chi connectivity index (χ0) is 16.5. The summed E-state index contributed by atoms with van der Waals surface area (Å²) in [6.45, 7) is 0. The fraction of sp³-hybridized carbons (Fsp3) is 0.316. The Morgan fingerprint density at radius 3 is 2.62 bits per heavy atom. The molecule has 5 heteroatoms. The summed E-state index contributed by atoms with van der Waals surface area (Å²) in [5.41, 5.74) is 9.24. The molecule has 0 aliphatic heterocycles. The van der Waals surface area contributed by atoms with Crippen molar-refractivity contribution in [3.63, 3.8) is 0 Å². The van der Waals surface area contributed by atoms with E-state index in [1.54, 1.807) is 6.07 Å². The average Bonchev–Trinajstić information content (AvgIpc) is 2.62. The molecule has 0 N–H and O–H groups in total. The molecule has 0 saturated heterocycles. The third kappa shape index (κ3) is 2.53. The van der Waals surface area contributed by atoms with E-state index in [2.05, 4.69) is 10.0 Å². The van der Waals surface area contributed by atoms with Gasteiger partial charge in [-0.15, -0.1) is 0 Å². The van der Waals surface area contributed by atoms with Crippen LogP contribution in [0, 0.1) is 0 Å². The molecule has 120 valence electrons. The molecule has 1 saturated carbocycles. The van der Waals surface area contributed by atoms with Crippen LogP contribution < -0.4 is 5.43 Å². The van der Waals surface area contributed by atoms with E-state index in [0.29, 0.717) is 11.0 Å². The van der Waals surface area contributed by atoms with Gasteiger partial charge in [-0.25, -0.2) is 0 Å². The lowest BCUT2D eigenvalue weighted by molar-refractivity contribution is 0.351. The van der Waals surface area contributed by atoms with Gasteiger partial charge in [-0.05, 0) is 42.7 Å². The second-order valence-corrected chi connectivity index (χ2v) is 6.39. The highest BCUT2D eigenvalue weighted by atomic mass is 16.3. The number of azide groups is 1. The number of benzene rings is 2. The van der Waals surface area contributed by atoms with Crippen LogP contribution in [-0.2, 0) is 0 Å². The van der Waals surface area contributed by atoms with Gasteiger partial charge in [-0.2, -0.15) is 0 Å². The summed E-state index contributed by atoms with van der Waals surface area (Å²) < 4.78 is 6.19. The summed E-state index contributed by atoms with van der Waals surface area (Å²) >= 11 is 0. The van der Waals surface area contributed by atoms with Crippen LogP contribution in [0.2, 0.25) is 0 Å². The van der Waals surface area contributed by atoms with Crippen LogP contribution in [-0.4, -0.2) is 6.04 Å². The van der Waals surface area contributed by atoms with Gasteiger partial charge in [0.15, 0.2) is 5.43 Å². The third-order valence-corrected chi connectivity index (χ3v) is 4.95. The zero-order valence-electron chi connectivity index (χ0n) is 13.2. The van der Waals surface area contributed by atoms with Gasteiger partial charge in [0.05, 0.1) is 5.39 Å². The molecule has 0 amide bonds. The SMILES string of the molecule is [N-]=[N+]=NC1CCC(c2cc(=O)c3ccc4ccccc4c3o2)CC1. The van der Waals surface area contributed by atoms with Gasteiger partial charge in [0.1, 0.15) is 11.3 Å². The van der Waals surface area contributed by atoms with E-state index >= 15 is 0 Å². The predicted molar refractivity (Wildman–Crippen MR) is 94.1 cm³/mol. The van der Waals surface area contributed by atoms with Crippen LogP contribution in [0.25, 0.3) is 32.2 Å². The summed E-state index contributed by atoms with van der Waals surface area (Å²) in [6.07, 6.45) is 3.43. The lowest BCUT2D eigenvalue weighted by Crippen LogP contribution is -2.16. The molecule has 0 atom stereocenters. The fourth-order valence-electron chi connectivity index (χ4n) is 3.65. The Morgan fingerprint density at radius 2 is 1.83 bits per heavy atom. The highest BCUT2D eigenvalue weighted by molar-refractivity contribution is 6.03. The Labute approximate surface area is 138 Å².